The number of aliphatic carboxylic acids is 1. The van der Waals surface area contributed by atoms with Gasteiger partial charge in [0.05, 0.1) is 0 Å². The second kappa shape index (κ2) is 6.38. The van der Waals surface area contributed by atoms with Crippen molar-refractivity contribution >= 4 is 18.0 Å². The molecular weight excluding hydrogens is 260 g/mol. The molecule has 0 aliphatic rings. The second-order valence-electron chi connectivity index (χ2n) is 3.94. The molecule has 2 rings (SSSR count). The molecule has 5 nitrogen and oxygen atoms in total. The van der Waals surface area contributed by atoms with E-state index in [0.29, 0.717) is 0 Å². The number of hydrogen-bond donors (Lipinski definition) is 1. The van der Waals surface area contributed by atoms with Crippen LogP contribution in [0.25, 0.3) is 6.08 Å². The van der Waals surface area contributed by atoms with E-state index in [4.69, 9.17) is 14.3 Å². The van der Waals surface area contributed by atoms with E-state index in [1.54, 1.807) is 0 Å². The summed E-state index contributed by atoms with van der Waals surface area (Å²) in [7, 11) is 0. The van der Waals surface area contributed by atoms with Gasteiger partial charge in [0, 0.05) is 6.08 Å². The van der Waals surface area contributed by atoms with E-state index in [1.807, 2.05) is 30.3 Å². The van der Waals surface area contributed by atoms with Crippen molar-refractivity contribution in [2.45, 2.75) is 6.61 Å². The van der Waals surface area contributed by atoms with Crippen molar-refractivity contribution in [2.24, 2.45) is 0 Å². The Labute approximate surface area is 115 Å². The van der Waals surface area contributed by atoms with E-state index >= 15 is 0 Å². The van der Waals surface area contributed by atoms with Crippen molar-refractivity contribution in [1.29, 1.82) is 0 Å². The fourth-order valence-corrected chi connectivity index (χ4v) is 1.50. The monoisotopic (exact) mass is 272 g/mol. The Morgan fingerprint density at radius 3 is 2.60 bits per heavy atom. The number of benzene rings is 1. The summed E-state index contributed by atoms with van der Waals surface area (Å²) in [5.41, 5.74) is 0.874. The molecule has 5 heteroatoms. The maximum absolute atomic E-state index is 11.7. The fourth-order valence-electron chi connectivity index (χ4n) is 1.50. The van der Waals surface area contributed by atoms with Gasteiger partial charge in [-0.1, -0.05) is 30.3 Å². The predicted molar refractivity (Wildman–Crippen MR) is 70.9 cm³/mol. The lowest BCUT2D eigenvalue weighted by Crippen LogP contribution is -2.03. The molecule has 1 aromatic heterocycles. The molecule has 0 unspecified atom stereocenters. The van der Waals surface area contributed by atoms with Crippen molar-refractivity contribution in [1.82, 2.24) is 0 Å². The van der Waals surface area contributed by atoms with Gasteiger partial charge in [-0.05, 0) is 23.8 Å². The third kappa shape index (κ3) is 3.84. The Bertz CT molecular complexity index is 625. The summed E-state index contributed by atoms with van der Waals surface area (Å²) in [4.78, 5) is 22.1. The van der Waals surface area contributed by atoms with Gasteiger partial charge in [-0.25, -0.2) is 9.59 Å². The molecule has 1 aromatic carbocycles. The maximum atomic E-state index is 11.7. The van der Waals surface area contributed by atoms with Crippen LogP contribution in [0.1, 0.15) is 21.9 Å². The summed E-state index contributed by atoms with van der Waals surface area (Å²) in [5.74, 6) is -1.37. The largest absolute Gasteiger partial charge is 0.478 e. The van der Waals surface area contributed by atoms with E-state index in [1.165, 1.54) is 18.2 Å². The first-order valence-electron chi connectivity index (χ1n) is 5.87. The quantitative estimate of drug-likeness (QED) is 0.669. The summed E-state index contributed by atoms with van der Waals surface area (Å²) in [6, 6.07) is 12.2. The smallest absolute Gasteiger partial charge is 0.374 e. The van der Waals surface area contributed by atoms with Crippen LogP contribution >= 0.6 is 0 Å². The van der Waals surface area contributed by atoms with E-state index in [-0.39, 0.29) is 18.1 Å². The molecule has 0 saturated heterocycles. The van der Waals surface area contributed by atoms with Gasteiger partial charge in [0.1, 0.15) is 12.4 Å². The Morgan fingerprint density at radius 2 is 1.90 bits per heavy atom. The molecule has 0 spiro atoms. The molecule has 0 radical (unpaired) electrons. The van der Waals surface area contributed by atoms with Crippen LogP contribution in [-0.4, -0.2) is 17.0 Å². The Hall–Kier alpha value is -2.82. The Kier molecular flexibility index (Phi) is 4.34. The number of furan rings is 1. The first kappa shape index (κ1) is 13.6. The molecule has 0 amide bonds. The lowest BCUT2D eigenvalue weighted by molar-refractivity contribution is -0.131. The number of carbonyl (C=O) groups is 2. The number of carboxylic acid groups (broad SMARTS) is 1. The zero-order chi connectivity index (χ0) is 14.4. The second-order valence-corrected chi connectivity index (χ2v) is 3.94. The third-order valence-corrected chi connectivity index (χ3v) is 2.43. The highest BCUT2D eigenvalue weighted by atomic mass is 16.5. The summed E-state index contributed by atoms with van der Waals surface area (Å²) in [6.45, 7) is 0.153. The number of carbonyl (C=O) groups excluding carboxylic acids is 1. The molecule has 0 bridgehead atoms. The van der Waals surface area contributed by atoms with Gasteiger partial charge >= 0.3 is 11.9 Å². The highest BCUT2D eigenvalue weighted by Gasteiger charge is 2.12. The van der Waals surface area contributed by atoms with Crippen molar-refractivity contribution in [3.05, 3.63) is 65.6 Å². The Morgan fingerprint density at radius 1 is 1.15 bits per heavy atom. The van der Waals surface area contributed by atoms with E-state index < -0.39 is 11.9 Å². The van der Waals surface area contributed by atoms with E-state index in [9.17, 15) is 9.59 Å². The van der Waals surface area contributed by atoms with Crippen LogP contribution < -0.4 is 0 Å². The summed E-state index contributed by atoms with van der Waals surface area (Å²) in [6.07, 6.45) is 2.19. The number of rotatable bonds is 5. The number of carboxylic acids is 1. The number of ether oxygens (including phenoxy) is 1. The first-order chi connectivity index (χ1) is 9.65. The Balaban J connectivity index is 1.94. The van der Waals surface area contributed by atoms with Crippen LogP contribution in [0.3, 0.4) is 0 Å². The first-order valence-corrected chi connectivity index (χ1v) is 5.87. The molecule has 0 saturated carbocycles. The van der Waals surface area contributed by atoms with Crippen molar-refractivity contribution in [3.8, 4) is 0 Å². The average Bonchev–Trinajstić information content (AvgIpc) is 2.92. The van der Waals surface area contributed by atoms with Gasteiger partial charge in [-0.3, -0.25) is 0 Å². The maximum Gasteiger partial charge on any atom is 0.374 e. The van der Waals surface area contributed by atoms with Gasteiger partial charge in [0.2, 0.25) is 5.76 Å². The zero-order valence-electron chi connectivity index (χ0n) is 10.5. The summed E-state index contributed by atoms with van der Waals surface area (Å²) >= 11 is 0. The predicted octanol–water partition coefficient (Wildman–Crippen LogP) is 2.73. The molecule has 20 heavy (non-hydrogen) atoms. The van der Waals surface area contributed by atoms with Gasteiger partial charge < -0.3 is 14.3 Å². The molecule has 1 N–H and O–H groups in total. The molecule has 0 aliphatic carbocycles. The zero-order valence-corrected chi connectivity index (χ0v) is 10.5. The van der Waals surface area contributed by atoms with Crippen molar-refractivity contribution in [2.75, 3.05) is 0 Å². The van der Waals surface area contributed by atoms with Crippen LogP contribution in [0.4, 0.5) is 0 Å². The summed E-state index contributed by atoms with van der Waals surface area (Å²) in [5, 5.41) is 8.48. The van der Waals surface area contributed by atoms with Crippen LogP contribution in [0.5, 0.6) is 0 Å². The van der Waals surface area contributed by atoms with E-state index in [2.05, 4.69) is 0 Å². The van der Waals surface area contributed by atoms with Gasteiger partial charge in [-0.2, -0.15) is 0 Å². The van der Waals surface area contributed by atoms with Gasteiger partial charge in [0.25, 0.3) is 0 Å². The van der Waals surface area contributed by atoms with Crippen LogP contribution in [0, 0.1) is 0 Å². The number of esters is 1. The average molecular weight is 272 g/mol. The third-order valence-electron chi connectivity index (χ3n) is 2.43. The van der Waals surface area contributed by atoms with Gasteiger partial charge in [0.15, 0.2) is 0 Å². The molecule has 0 fully saturated rings. The molecule has 102 valence electrons. The lowest BCUT2D eigenvalue weighted by atomic mass is 10.2. The topological polar surface area (TPSA) is 76.7 Å². The van der Waals surface area contributed by atoms with Crippen LogP contribution in [-0.2, 0) is 16.1 Å². The normalized spacial score (nSPS) is 10.6. The molecule has 0 aliphatic heterocycles. The van der Waals surface area contributed by atoms with Crippen molar-refractivity contribution < 1.29 is 23.8 Å². The highest BCUT2D eigenvalue weighted by molar-refractivity contribution is 5.87. The minimum Gasteiger partial charge on any atom is -0.478 e. The SMILES string of the molecule is O=C(O)/C=C/c1ccc(C(=O)OCc2ccccc2)o1. The van der Waals surface area contributed by atoms with Crippen LogP contribution in [0.15, 0.2) is 53.0 Å². The minimum absolute atomic E-state index is 0.0333. The molecule has 0 atom stereocenters. The minimum atomic E-state index is -1.09. The van der Waals surface area contributed by atoms with E-state index in [0.717, 1.165) is 11.6 Å². The van der Waals surface area contributed by atoms with Gasteiger partial charge in [-0.15, -0.1) is 0 Å². The number of hydrogen-bond acceptors (Lipinski definition) is 4. The molecular formula is C15H12O5. The summed E-state index contributed by atoms with van der Waals surface area (Å²) < 4.78 is 10.2. The standard InChI is InChI=1S/C15H12O5/c16-14(17)9-7-12-6-8-13(20-12)15(18)19-10-11-4-2-1-3-5-11/h1-9H,10H2,(H,16,17)/b9-7+. The van der Waals surface area contributed by atoms with Crippen LogP contribution in [0.2, 0.25) is 0 Å². The molecule has 1 heterocycles. The fraction of sp³-hybridized carbons (Fsp3) is 0.0667. The van der Waals surface area contributed by atoms with Crippen molar-refractivity contribution in [3.63, 3.8) is 0 Å². The highest BCUT2D eigenvalue weighted by Crippen LogP contribution is 2.12. The molecule has 2 aromatic rings. The lowest BCUT2D eigenvalue weighted by Gasteiger charge is -2.02.